The van der Waals surface area contributed by atoms with Crippen LogP contribution in [0.15, 0.2) is 24.3 Å². The standard InChI is InChI=1S/C14H19ClN2O/c1-2-13(10-3-5-12(15)6-4-10)17-14(18)11-7-8-16-9-11/h3-6,11,13,16H,2,7-9H2,1H3,(H,17,18). The molecule has 1 heterocycles. The number of hydrogen-bond donors (Lipinski definition) is 2. The Balaban J connectivity index is 2.00. The molecule has 0 bridgehead atoms. The van der Waals surface area contributed by atoms with Crippen LogP contribution in [0.4, 0.5) is 0 Å². The highest BCUT2D eigenvalue weighted by atomic mass is 35.5. The van der Waals surface area contributed by atoms with Crippen LogP contribution in [0, 0.1) is 5.92 Å². The van der Waals surface area contributed by atoms with E-state index in [0.29, 0.717) is 0 Å². The third-order valence-corrected chi connectivity index (χ3v) is 3.68. The summed E-state index contributed by atoms with van der Waals surface area (Å²) in [6.45, 7) is 3.81. The summed E-state index contributed by atoms with van der Waals surface area (Å²) < 4.78 is 0. The SMILES string of the molecule is CCC(NC(=O)C1CCNC1)c1ccc(Cl)cc1. The fraction of sp³-hybridized carbons (Fsp3) is 0.500. The first-order chi connectivity index (χ1) is 8.70. The van der Waals surface area contributed by atoms with Gasteiger partial charge in [-0.2, -0.15) is 0 Å². The van der Waals surface area contributed by atoms with Crippen molar-refractivity contribution in [3.63, 3.8) is 0 Å². The zero-order chi connectivity index (χ0) is 13.0. The molecule has 1 aliphatic heterocycles. The Labute approximate surface area is 113 Å². The molecule has 4 heteroatoms. The predicted octanol–water partition coefficient (Wildman–Crippen LogP) is 2.52. The van der Waals surface area contributed by atoms with Crippen molar-refractivity contribution in [2.45, 2.75) is 25.8 Å². The Morgan fingerprint density at radius 3 is 2.78 bits per heavy atom. The molecule has 1 aromatic rings. The van der Waals surface area contributed by atoms with Crippen LogP contribution in [0.3, 0.4) is 0 Å². The molecule has 2 unspecified atom stereocenters. The molecule has 2 rings (SSSR count). The van der Waals surface area contributed by atoms with E-state index < -0.39 is 0 Å². The summed E-state index contributed by atoms with van der Waals surface area (Å²) >= 11 is 5.87. The van der Waals surface area contributed by atoms with E-state index in [1.165, 1.54) is 0 Å². The van der Waals surface area contributed by atoms with Gasteiger partial charge >= 0.3 is 0 Å². The minimum Gasteiger partial charge on any atom is -0.349 e. The van der Waals surface area contributed by atoms with Crippen LogP contribution in [0.2, 0.25) is 5.02 Å². The number of benzene rings is 1. The van der Waals surface area contributed by atoms with Crippen LogP contribution in [-0.2, 0) is 4.79 Å². The average Bonchev–Trinajstić information content (AvgIpc) is 2.91. The number of carbonyl (C=O) groups excluding carboxylic acids is 1. The zero-order valence-corrected chi connectivity index (χ0v) is 11.3. The second-order valence-electron chi connectivity index (χ2n) is 4.71. The maximum atomic E-state index is 12.1. The first-order valence-electron chi connectivity index (χ1n) is 6.47. The van der Waals surface area contributed by atoms with Crippen molar-refractivity contribution < 1.29 is 4.79 Å². The lowest BCUT2D eigenvalue weighted by Crippen LogP contribution is -2.34. The fourth-order valence-electron chi connectivity index (χ4n) is 2.28. The molecule has 1 amide bonds. The number of hydrogen-bond acceptors (Lipinski definition) is 2. The third kappa shape index (κ3) is 3.24. The minimum atomic E-state index is 0.0790. The summed E-state index contributed by atoms with van der Waals surface area (Å²) in [5, 5.41) is 7.06. The molecule has 1 aromatic carbocycles. The van der Waals surface area contributed by atoms with E-state index >= 15 is 0 Å². The molecule has 1 fully saturated rings. The number of carbonyl (C=O) groups is 1. The maximum Gasteiger partial charge on any atom is 0.224 e. The quantitative estimate of drug-likeness (QED) is 0.879. The van der Waals surface area contributed by atoms with E-state index in [4.69, 9.17) is 11.6 Å². The monoisotopic (exact) mass is 266 g/mol. The van der Waals surface area contributed by atoms with Gasteiger partial charge in [-0.3, -0.25) is 4.79 Å². The molecule has 0 aromatic heterocycles. The molecule has 98 valence electrons. The largest absolute Gasteiger partial charge is 0.349 e. The first-order valence-corrected chi connectivity index (χ1v) is 6.85. The molecule has 0 saturated carbocycles. The van der Waals surface area contributed by atoms with Crippen molar-refractivity contribution in [3.05, 3.63) is 34.9 Å². The summed E-state index contributed by atoms with van der Waals surface area (Å²) in [5.74, 6) is 0.271. The molecule has 18 heavy (non-hydrogen) atoms. The number of amides is 1. The number of nitrogens with one attached hydrogen (secondary N) is 2. The van der Waals surface area contributed by atoms with Crippen molar-refractivity contribution in [2.75, 3.05) is 13.1 Å². The Morgan fingerprint density at radius 1 is 1.50 bits per heavy atom. The van der Waals surface area contributed by atoms with E-state index in [0.717, 1.165) is 36.5 Å². The Kier molecular flexibility index (Phi) is 4.61. The lowest BCUT2D eigenvalue weighted by atomic mass is 10.0. The van der Waals surface area contributed by atoms with Gasteiger partial charge in [0.15, 0.2) is 0 Å². The Bertz CT molecular complexity index is 399. The predicted molar refractivity (Wildman–Crippen MR) is 73.6 cm³/mol. The lowest BCUT2D eigenvalue weighted by Gasteiger charge is -2.19. The van der Waals surface area contributed by atoms with Crippen molar-refractivity contribution in [3.8, 4) is 0 Å². The summed E-state index contributed by atoms with van der Waals surface area (Å²) in [5.41, 5.74) is 1.11. The smallest absolute Gasteiger partial charge is 0.224 e. The van der Waals surface area contributed by atoms with Gasteiger partial charge in [0.05, 0.1) is 12.0 Å². The van der Waals surface area contributed by atoms with Gasteiger partial charge < -0.3 is 10.6 Å². The highest BCUT2D eigenvalue weighted by molar-refractivity contribution is 6.30. The van der Waals surface area contributed by atoms with Crippen LogP contribution >= 0.6 is 11.6 Å². The second-order valence-corrected chi connectivity index (χ2v) is 5.15. The van der Waals surface area contributed by atoms with Crippen molar-refractivity contribution in [1.82, 2.24) is 10.6 Å². The van der Waals surface area contributed by atoms with Gasteiger partial charge in [-0.15, -0.1) is 0 Å². The van der Waals surface area contributed by atoms with E-state index in [1.54, 1.807) is 0 Å². The molecule has 0 radical (unpaired) electrons. The highest BCUT2D eigenvalue weighted by Gasteiger charge is 2.24. The van der Waals surface area contributed by atoms with Crippen molar-refractivity contribution in [1.29, 1.82) is 0 Å². The van der Waals surface area contributed by atoms with Gasteiger partial charge in [0.2, 0.25) is 5.91 Å². The molecule has 0 aliphatic carbocycles. The highest BCUT2D eigenvalue weighted by Crippen LogP contribution is 2.20. The number of rotatable bonds is 4. The summed E-state index contributed by atoms with van der Waals surface area (Å²) in [6.07, 6.45) is 1.82. The summed E-state index contributed by atoms with van der Waals surface area (Å²) in [4.78, 5) is 12.1. The van der Waals surface area contributed by atoms with Crippen LogP contribution in [0.1, 0.15) is 31.4 Å². The normalized spacial score (nSPS) is 20.7. The first kappa shape index (κ1) is 13.4. The Morgan fingerprint density at radius 2 is 2.22 bits per heavy atom. The second kappa shape index (κ2) is 6.21. The maximum absolute atomic E-state index is 12.1. The molecule has 1 aliphatic rings. The van der Waals surface area contributed by atoms with Gasteiger partial charge in [-0.05, 0) is 37.1 Å². The molecule has 3 nitrogen and oxygen atoms in total. The van der Waals surface area contributed by atoms with E-state index in [1.807, 2.05) is 24.3 Å². The average molecular weight is 267 g/mol. The summed E-state index contributed by atoms with van der Waals surface area (Å²) in [6, 6.07) is 7.76. The van der Waals surface area contributed by atoms with Crippen LogP contribution < -0.4 is 10.6 Å². The molecular formula is C14H19ClN2O. The topological polar surface area (TPSA) is 41.1 Å². The zero-order valence-electron chi connectivity index (χ0n) is 10.6. The molecule has 2 atom stereocenters. The van der Waals surface area contributed by atoms with Crippen LogP contribution in [0.25, 0.3) is 0 Å². The van der Waals surface area contributed by atoms with E-state index in [-0.39, 0.29) is 17.9 Å². The van der Waals surface area contributed by atoms with Crippen LogP contribution in [-0.4, -0.2) is 19.0 Å². The molecule has 0 spiro atoms. The molecule has 1 saturated heterocycles. The van der Waals surface area contributed by atoms with Gasteiger partial charge in [-0.1, -0.05) is 30.7 Å². The van der Waals surface area contributed by atoms with Crippen LogP contribution in [0.5, 0.6) is 0 Å². The van der Waals surface area contributed by atoms with E-state index in [9.17, 15) is 4.79 Å². The van der Waals surface area contributed by atoms with Gasteiger partial charge in [0.25, 0.3) is 0 Å². The van der Waals surface area contributed by atoms with Gasteiger partial charge in [0, 0.05) is 11.6 Å². The van der Waals surface area contributed by atoms with Crippen molar-refractivity contribution >= 4 is 17.5 Å². The van der Waals surface area contributed by atoms with Gasteiger partial charge in [0.1, 0.15) is 0 Å². The lowest BCUT2D eigenvalue weighted by molar-refractivity contribution is -0.125. The third-order valence-electron chi connectivity index (χ3n) is 3.43. The Hall–Kier alpha value is -1.06. The number of halogens is 1. The minimum absolute atomic E-state index is 0.0790. The molecular weight excluding hydrogens is 248 g/mol. The fourth-order valence-corrected chi connectivity index (χ4v) is 2.41. The molecule has 2 N–H and O–H groups in total. The van der Waals surface area contributed by atoms with Crippen molar-refractivity contribution in [2.24, 2.45) is 5.92 Å². The van der Waals surface area contributed by atoms with Gasteiger partial charge in [-0.25, -0.2) is 0 Å². The summed E-state index contributed by atoms with van der Waals surface area (Å²) in [7, 11) is 0. The van der Waals surface area contributed by atoms with E-state index in [2.05, 4.69) is 17.6 Å².